The minimum atomic E-state index is -3.72. The molecule has 3 aromatic rings. The highest BCUT2D eigenvalue weighted by Crippen LogP contribution is 2.52. The zero-order chi connectivity index (χ0) is 25.5. The number of H-pyrrole nitrogens is 1. The van der Waals surface area contributed by atoms with Gasteiger partial charge in [0.15, 0.2) is 5.60 Å². The maximum atomic E-state index is 13.2. The van der Waals surface area contributed by atoms with E-state index in [0.29, 0.717) is 35.0 Å². The fourth-order valence-corrected chi connectivity index (χ4v) is 6.77. The van der Waals surface area contributed by atoms with Gasteiger partial charge in [-0.15, -0.1) is 0 Å². The number of carbonyl (C=O) groups excluding carboxylic acids is 1. The molecular weight excluding hydrogens is 476 g/mol. The van der Waals surface area contributed by atoms with E-state index < -0.39 is 21.4 Å². The molecule has 1 aliphatic heterocycles. The van der Waals surface area contributed by atoms with Crippen LogP contribution >= 0.6 is 0 Å². The van der Waals surface area contributed by atoms with E-state index in [-0.39, 0.29) is 28.5 Å². The van der Waals surface area contributed by atoms with Gasteiger partial charge in [-0.1, -0.05) is 63.1 Å². The van der Waals surface area contributed by atoms with E-state index in [2.05, 4.69) is 9.97 Å². The topological polar surface area (TPSA) is 109 Å². The molecule has 5 rings (SSSR count). The third-order valence-corrected chi connectivity index (χ3v) is 8.73. The number of imidazole rings is 1. The molecule has 1 saturated carbocycles. The van der Waals surface area contributed by atoms with E-state index in [0.717, 1.165) is 31.2 Å². The first-order valence-electron chi connectivity index (χ1n) is 12.7. The molecule has 190 valence electrons. The maximum absolute atomic E-state index is 13.2. The molecule has 1 atom stereocenters. The standard InChI is InChI=1S/C28H32N2O5S/c1-3-14-28(15-4-2)25(31)24(26(32)35-28)23(19-12-13-19)20-9-7-8-18(16-20)17-36(33,34)27-29-21-10-5-6-11-22(21)30-27/h5-11,16,19,23,31H,3-4,12-15,17H2,1-2H3,(H,29,30). The number of aliphatic hydroxyl groups is 1. The summed E-state index contributed by atoms with van der Waals surface area (Å²) in [5, 5.41) is 11.3. The van der Waals surface area contributed by atoms with Crippen molar-refractivity contribution in [2.45, 2.75) is 74.8 Å². The average Bonchev–Trinajstić information content (AvgIpc) is 3.52. The molecule has 1 fully saturated rings. The van der Waals surface area contributed by atoms with Crippen molar-refractivity contribution in [2.24, 2.45) is 5.92 Å². The van der Waals surface area contributed by atoms with E-state index in [1.807, 2.05) is 44.2 Å². The minimum absolute atomic E-state index is 0.0588. The number of fused-ring (bicyclic) bond motifs is 1. The number of aliphatic hydroxyl groups excluding tert-OH is 1. The van der Waals surface area contributed by atoms with E-state index in [1.165, 1.54) is 0 Å². The van der Waals surface area contributed by atoms with Gasteiger partial charge in [-0.2, -0.15) is 0 Å². The summed E-state index contributed by atoms with van der Waals surface area (Å²) >= 11 is 0. The van der Waals surface area contributed by atoms with Gasteiger partial charge in [0, 0.05) is 5.92 Å². The highest BCUT2D eigenvalue weighted by Gasteiger charge is 2.51. The van der Waals surface area contributed by atoms with Crippen LogP contribution in [0.4, 0.5) is 0 Å². The Bertz CT molecular complexity index is 1400. The number of aromatic amines is 1. The fraction of sp³-hybridized carbons (Fsp3) is 0.429. The molecular formula is C28H32N2O5S. The molecule has 36 heavy (non-hydrogen) atoms. The monoisotopic (exact) mass is 508 g/mol. The van der Waals surface area contributed by atoms with Gasteiger partial charge in [0.05, 0.1) is 22.4 Å². The van der Waals surface area contributed by atoms with Gasteiger partial charge in [-0.3, -0.25) is 0 Å². The fourth-order valence-electron chi connectivity index (χ4n) is 5.51. The summed E-state index contributed by atoms with van der Waals surface area (Å²) in [6.07, 6.45) is 4.63. The maximum Gasteiger partial charge on any atom is 0.339 e. The highest BCUT2D eigenvalue weighted by atomic mass is 32.2. The van der Waals surface area contributed by atoms with Gasteiger partial charge in [-0.05, 0) is 54.9 Å². The summed E-state index contributed by atoms with van der Waals surface area (Å²) in [5.41, 5.74) is 2.10. The van der Waals surface area contributed by atoms with Crippen LogP contribution in [0.3, 0.4) is 0 Å². The molecule has 0 amide bonds. The van der Waals surface area contributed by atoms with Crippen molar-refractivity contribution >= 4 is 26.8 Å². The van der Waals surface area contributed by atoms with Crippen LogP contribution in [-0.2, 0) is 25.1 Å². The molecule has 1 aromatic heterocycles. The van der Waals surface area contributed by atoms with Gasteiger partial charge in [0.2, 0.25) is 15.0 Å². The summed E-state index contributed by atoms with van der Waals surface area (Å²) in [4.78, 5) is 20.3. The second-order valence-corrected chi connectivity index (χ2v) is 11.9. The molecule has 2 N–H and O–H groups in total. The Labute approximate surface area is 211 Å². The van der Waals surface area contributed by atoms with Crippen LogP contribution in [0.25, 0.3) is 11.0 Å². The summed E-state index contributed by atoms with van der Waals surface area (Å²) < 4.78 is 32.2. The third-order valence-electron chi connectivity index (χ3n) is 7.24. The predicted octanol–water partition coefficient (Wildman–Crippen LogP) is 5.74. The number of aromatic nitrogens is 2. The Kier molecular flexibility index (Phi) is 6.41. The van der Waals surface area contributed by atoms with Crippen molar-refractivity contribution in [1.82, 2.24) is 9.97 Å². The van der Waals surface area contributed by atoms with Crippen LogP contribution in [0.1, 0.15) is 69.4 Å². The van der Waals surface area contributed by atoms with Crippen molar-refractivity contribution < 1.29 is 23.1 Å². The zero-order valence-electron chi connectivity index (χ0n) is 20.7. The van der Waals surface area contributed by atoms with Crippen LogP contribution in [0, 0.1) is 5.92 Å². The lowest BCUT2D eigenvalue weighted by Crippen LogP contribution is -2.31. The van der Waals surface area contributed by atoms with Crippen molar-refractivity contribution in [1.29, 1.82) is 0 Å². The Morgan fingerprint density at radius 2 is 1.83 bits per heavy atom. The summed E-state index contributed by atoms with van der Waals surface area (Å²) in [6, 6.07) is 14.5. The van der Waals surface area contributed by atoms with Gasteiger partial charge in [-0.25, -0.2) is 18.2 Å². The molecule has 7 nitrogen and oxygen atoms in total. The number of nitrogens with zero attached hydrogens (tertiary/aromatic N) is 1. The average molecular weight is 509 g/mol. The first-order chi connectivity index (χ1) is 17.3. The van der Waals surface area contributed by atoms with E-state index in [4.69, 9.17) is 4.74 Å². The van der Waals surface area contributed by atoms with Crippen molar-refractivity contribution in [3.05, 3.63) is 71.0 Å². The number of hydrogen-bond acceptors (Lipinski definition) is 6. The molecule has 1 aliphatic carbocycles. The van der Waals surface area contributed by atoms with Gasteiger partial charge < -0.3 is 14.8 Å². The molecule has 2 aliphatic rings. The van der Waals surface area contributed by atoms with E-state index in [9.17, 15) is 18.3 Å². The molecule has 8 heteroatoms. The number of carbonyl (C=O) groups is 1. The lowest BCUT2D eigenvalue weighted by Gasteiger charge is -2.27. The molecule has 0 saturated heterocycles. The number of ether oxygens (including phenoxy) is 1. The van der Waals surface area contributed by atoms with Gasteiger partial charge in [0.25, 0.3) is 0 Å². The summed E-state index contributed by atoms with van der Waals surface area (Å²) in [6.45, 7) is 4.03. The Morgan fingerprint density at radius 3 is 2.50 bits per heavy atom. The van der Waals surface area contributed by atoms with Crippen LogP contribution in [0.15, 0.2) is 65.0 Å². The lowest BCUT2D eigenvalue weighted by atomic mass is 9.82. The lowest BCUT2D eigenvalue weighted by molar-refractivity contribution is -0.149. The van der Waals surface area contributed by atoms with Crippen LogP contribution in [-0.4, -0.2) is 35.1 Å². The quantitative estimate of drug-likeness (QED) is 0.338. The highest BCUT2D eigenvalue weighted by molar-refractivity contribution is 7.90. The number of hydrogen-bond donors (Lipinski definition) is 2. The van der Waals surface area contributed by atoms with E-state index in [1.54, 1.807) is 18.2 Å². The minimum Gasteiger partial charge on any atom is -0.507 e. The molecule has 1 unspecified atom stereocenters. The molecule has 2 heterocycles. The van der Waals surface area contributed by atoms with Crippen molar-refractivity contribution in [3.8, 4) is 0 Å². The van der Waals surface area contributed by atoms with Crippen LogP contribution in [0.5, 0.6) is 0 Å². The largest absolute Gasteiger partial charge is 0.507 e. The number of nitrogens with one attached hydrogen (secondary N) is 1. The predicted molar refractivity (Wildman–Crippen MR) is 137 cm³/mol. The zero-order valence-corrected chi connectivity index (χ0v) is 21.5. The van der Waals surface area contributed by atoms with Gasteiger partial charge >= 0.3 is 5.97 Å². The van der Waals surface area contributed by atoms with Crippen LogP contribution < -0.4 is 0 Å². The second kappa shape index (κ2) is 9.39. The molecule has 0 radical (unpaired) electrons. The number of para-hydroxylation sites is 2. The smallest absolute Gasteiger partial charge is 0.339 e. The normalized spacial score (nSPS) is 18.6. The SMILES string of the molecule is CCCC1(CCC)OC(=O)C(C(c2cccc(CS(=O)(=O)c3nc4ccccc4[nH]3)c2)C2CC2)=C1O. The summed E-state index contributed by atoms with van der Waals surface area (Å²) in [5.74, 6) is -0.707. The number of esters is 1. The van der Waals surface area contributed by atoms with E-state index >= 15 is 0 Å². The molecule has 0 spiro atoms. The Balaban J connectivity index is 1.49. The number of cyclic esters (lactones) is 1. The molecule has 0 bridgehead atoms. The number of benzene rings is 2. The third kappa shape index (κ3) is 4.43. The Morgan fingerprint density at radius 1 is 1.11 bits per heavy atom. The number of rotatable bonds is 10. The Hall–Kier alpha value is -3.13. The number of sulfone groups is 1. The van der Waals surface area contributed by atoms with Crippen molar-refractivity contribution in [3.63, 3.8) is 0 Å². The molecule has 2 aromatic carbocycles. The first kappa shape index (κ1) is 24.6. The first-order valence-corrected chi connectivity index (χ1v) is 14.4. The second-order valence-electron chi connectivity index (χ2n) is 10.0. The van der Waals surface area contributed by atoms with Gasteiger partial charge in [0.1, 0.15) is 5.76 Å². The summed E-state index contributed by atoms with van der Waals surface area (Å²) in [7, 11) is -3.72. The van der Waals surface area contributed by atoms with Crippen molar-refractivity contribution in [2.75, 3.05) is 0 Å². The van der Waals surface area contributed by atoms with Crippen LogP contribution in [0.2, 0.25) is 0 Å².